The van der Waals surface area contributed by atoms with Crippen molar-refractivity contribution in [2.24, 2.45) is 5.92 Å². The highest BCUT2D eigenvalue weighted by atomic mass is 16.5. The van der Waals surface area contributed by atoms with Gasteiger partial charge in [0.05, 0.1) is 20.3 Å². The molecule has 1 N–H and O–H groups in total. The maximum atomic E-state index is 11.0. The third kappa shape index (κ3) is 6.15. The van der Waals surface area contributed by atoms with Crippen LogP contribution in [0.3, 0.4) is 0 Å². The van der Waals surface area contributed by atoms with Crippen molar-refractivity contribution in [3.63, 3.8) is 0 Å². The minimum atomic E-state index is -0.453. The number of benzene rings is 2. The number of nitriles is 1. The van der Waals surface area contributed by atoms with E-state index in [1.807, 2.05) is 30.3 Å². The first-order chi connectivity index (χ1) is 15.5. The Balaban J connectivity index is 1.44. The molecule has 2 unspecified atom stereocenters. The fraction of sp³-hybridized carbons (Fsp3) is 0.500. The van der Waals surface area contributed by atoms with Crippen LogP contribution < -0.4 is 14.2 Å². The highest BCUT2D eigenvalue weighted by Gasteiger charge is 2.29. The van der Waals surface area contributed by atoms with Crippen molar-refractivity contribution >= 4 is 0 Å². The lowest BCUT2D eigenvalue weighted by atomic mass is 9.79. The lowest BCUT2D eigenvalue weighted by molar-refractivity contribution is 0.0851. The van der Waals surface area contributed by atoms with E-state index in [0.717, 1.165) is 67.8 Å². The molecule has 6 heteroatoms. The van der Waals surface area contributed by atoms with E-state index in [9.17, 15) is 5.11 Å². The number of aliphatic hydroxyl groups is 1. The Kier molecular flexibility index (Phi) is 8.78. The number of aryl methyl sites for hydroxylation is 1. The molecule has 172 valence electrons. The Hall–Kier alpha value is -2.75. The molecule has 1 aliphatic rings. The summed E-state index contributed by atoms with van der Waals surface area (Å²) in [5.74, 6) is 2.40. The van der Waals surface area contributed by atoms with Gasteiger partial charge in [0.15, 0.2) is 18.1 Å². The van der Waals surface area contributed by atoms with Gasteiger partial charge in [0.25, 0.3) is 0 Å². The average Bonchev–Trinajstić information content (AvgIpc) is 2.82. The normalized spacial score (nSPS) is 17.5. The molecule has 1 aliphatic carbocycles. The number of hydrogen-bond donors (Lipinski definition) is 1. The lowest BCUT2D eigenvalue weighted by Gasteiger charge is -2.31. The van der Waals surface area contributed by atoms with Crippen molar-refractivity contribution in [3.05, 3.63) is 53.1 Å². The van der Waals surface area contributed by atoms with E-state index in [-0.39, 0.29) is 12.5 Å². The molecule has 32 heavy (non-hydrogen) atoms. The Morgan fingerprint density at radius 3 is 2.50 bits per heavy atom. The second-order valence-electron chi connectivity index (χ2n) is 8.44. The van der Waals surface area contributed by atoms with Crippen molar-refractivity contribution in [1.82, 2.24) is 4.90 Å². The summed E-state index contributed by atoms with van der Waals surface area (Å²) in [5, 5.41) is 19.5. The Labute approximate surface area is 191 Å². The van der Waals surface area contributed by atoms with Gasteiger partial charge in [0.2, 0.25) is 0 Å². The molecule has 0 aromatic heterocycles. The smallest absolute Gasteiger partial charge is 0.174 e. The number of nitrogens with zero attached hydrogens (tertiary/aromatic N) is 2. The summed E-state index contributed by atoms with van der Waals surface area (Å²) in [4.78, 5) is 2.34. The van der Waals surface area contributed by atoms with Gasteiger partial charge in [-0.15, -0.1) is 0 Å². The van der Waals surface area contributed by atoms with Crippen LogP contribution in [0.25, 0.3) is 0 Å². The van der Waals surface area contributed by atoms with Crippen LogP contribution in [0.5, 0.6) is 17.2 Å². The number of fused-ring (bicyclic) bond motifs is 1. The van der Waals surface area contributed by atoms with E-state index < -0.39 is 6.10 Å². The first-order valence-electron chi connectivity index (χ1n) is 11.3. The predicted octanol–water partition coefficient (Wildman–Crippen LogP) is 4.16. The van der Waals surface area contributed by atoms with Crippen molar-refractivity contribution in [2.75, 3.05) is 41.0 Å². The lowest BCUT2D eigenvalue weighted by Crippen LogP contribution is -2.25. The van der Waals surface area contributed by atoms with Crippen LogP contribution in [0, 0.1) is 17.2 Å². The van der Waals surface area contributed by atoms with Crippen LogP contribution in [0.4, 0.5) is 0 Å². The van der Waals surface area contributed by atoms with Crippen molar-refractivity contribution < 1.29 is 19.3 Å². The second kappa shape index (κ2) is 11.8. The molecule has 0 saturated carbocycles. The van der Waals surface area contributed by atoms with Crippen molar-refractivity contribution in [3.8, 4) is 23.3 Å². The minimum Gasteiger partial charge on any atom is -0.493 e. The van der Waals surface area contributed by atoms with Crippen LogP contribution in [0.1, 0.15) is 42.1 Å². The third-order valence-electron chi connectivity index (χ3n) is 6.32. The maximum absolute atomic E-state index is 11.0. The summed E-state index contributed by atoms with van der Waals surface area (Å²) < 4.78 is 16.1. The highest BCUT2D eigenvalue weighted by molar-refractivity contribution is 5.49. The monoisotopic (exact) mass is 438 g/mol. The van der Waals surface area contributed by atoms with E-state index in [4.69, 9.17) is 19.5 Å². The van der Waals surface area contributed by atoms with Gasteiger partial charge in [-0.05, 0) is 92.6 Å². The first-order valence-corrected chi connectivity index (χ1v) is 11.3. The fourth-order valence-electron chi connectivity index (χ4n) is 4.41. The molecule has 0 heterocycles. The van der Waals surface area contributed by atoms with Gasteiger partial charge in [-0.3, -0.25) is 0 Å². The number of aliphatic hydroxyl groups excluding tert-OH is 1. The average molecular weight is 439 g/mol. The number of methoxy groups -OCH3 is 2. The summed E-state index contributed by atoms with van der Waals surface area (Å²) in [7, 11) is 5.42. The summed E-state index contributed by atoms with van der Waals surface area (Å²) in [6, 6.07) is 13.9. The van der Waals surface area contributed by atoms with E-state index in [2.05, 4.69) is 24.1 Å². The van der Waals surface area contributed by atoms with Crippen LogP contribution >= 0.6 is 0 Å². The molecule has 6 nitrogen and oxygen atoms in total. The number of ether oxygens (including phenoxy) is 3. The SMILES string of the molecule is COc1cc2c(cc1OC)C(O)C(CCCN(C)CCc1ccc(OCC#N)cc1)CC2. The molecule has 0 fully saturated rings. The van der Waals surface area contributed by atoms with Crippen LogP contribution in [-0.4, -0.2) is 51.0 Å². The van der Waals surface area contributed by atoms with Gasteiger partial charge in [-0.1, -0.05) is 12.1 Å². The molecule has 2 aromatic rings. The number of rotatable bonds is 11. The zero-order chi connectivity index (χ0) is 22.9. The van der Waals surface area contributed by atoms with Gasteiger partial charge < -0.3 is 24.2 Å². The second-order valence-corrected chi connectivity index (χ2v) is 8.44. The minimum absolute atomic E-state index is 0.0745. The molecule has 0 spiro atoms. The third-order valence-corrected chi connectivity index (χ3v) is 6.32. The largest absolute Gasteiger partial charge is 0.493 e. The molecular formula is C26H34N2O4. The summed E-state index contributed by atoms with van der Waals surface area (Å²) >= 11 is 0. The molecule has 2 atom stereocenters. The molecule has 0 bridgehead atoms. The maximum Gasteiger partial charge on any atom is 0.174 e. The summed E-state index contributed by atoms with van der Waals surface area (Å²) in [5.41, 5.74) is 3.40. The zero-order valence-corrected chi connectivity index (χ0v) is 19.3. The molecule has 2 aromatic carbocycles. The standard InChI is InChI=1S/C26H34N2O4/c1-28(15-12-19-6-10-22(11-7-19)32-16-13-27)14-4-5-20-8-9-21-17-24(30-2)25(31-3)18-23(21)26(20)29/h6-7,10-11,17-18,20,26,29H,4-5,8-9,12,14-16H2,1-3H3. The summed E-state index contributed by atoms with van der Waals surface area (Å²) in [6.07, 6.45) is 4.53. The first kappa shape index (κ1) is 23.9. The summed E-state index contributed by atoms with van der Waals surface area (Å²) in [6.45, 7) is 2.06. The number of hydrogen-bond acceptors (Lipinski definition) is 6. The number of likely N-dealkylation sites (N-methyl/N-ethyl adjacent to an activating group) is 1. The van der Waals surface area contributed by atoms with E-state index >= 15 is 0 Å². The van der Waals surface area contributed by atoms with Crippen molar-refractivity contribution in [1.29, 1.82) is 5.26 Å². The quantitative estimate of drug-likeness (QED) is 0.568. The van der Waals surface area contributed by atoms with Gasteiger partial charge in [-0.25, -0.2) is 0 Å². The van der Waals surface area contributed by atoms with Crippen molar-refractivity contribution in [2.45, 2.75) is 38.2 Å². The fourth-order valence-corrected chi connectivity index (χ4v) is 4.41. The molecule has 0 radical (unpaired) electrons. The van der Waals surface area contributed by atoms with Crippen LogP contribution in [0.2, 0.25) is 0 Å². The molecule has 0 aliphatic heterocycles. The molecule has 3 rings (SSSR count). The van der Waals surface area contributed by atoms with Gasteiger partial charge >= 0.3 is 0 Å². The molecule has 0 saturated heterocycles. The Morgan fingerprint density at radius 1 is 1.09 bits per heavy atom. The predicted molar refractivity (Wildman–Crippen MR) is 124 cm³/mol. The van der Waals surface area contributed by atoms with Crippen LogP contribution in [0.15, 0.2) is 36.4 Å². The van der Waals surface area contributed by atoms with E-state index in [1.54, 1.807) is 14.2 Å². The van der Waals surface area contributed by atoms with Gasteiger partial charge in [0.1, 0.15) is 11.8 Å². The van der Waals surface area contributed by atoms with Gasteiger partial charge in [-0.2, -0.15) is 5.26 Å². The molecular weight excluding hydrogens is 404 g/mol. The van der Waals surface area contributed by atoms with E-state index in [0.29, 0.717) is 5.75 Å². The molecule has 0 amide bonds. The Bertz CT molecular complexity index is 907. The topological polar surface area (TPSA) is 74.9 Å². The van der Waals surface area contributed by atoms with Gasteiger partial charge in [0, 0.05) is 6.54 Å². The zero-order valence-electron chi connectivity index (χ0n) is 19.3. The Morgan fingerprint density at radius 2 is 1.81 bits per heavy atom. The highest BCUT2D eigenvalue weighted by Crippen LogP contribution is 2.41. The van der Waals surface area contributed by atoms with Crippen LogP contribution in [-0.2, 0) is 12.8 Å². The van der Waals surface area contributed by atoms with E-state index in [1.165, 1.54) is 5.56 Å².